The van der Waals surface area contributed by atoms with Crippen LogP contribution in [0.15, 0.2) is 48.5 Å². The van der Waals surface area contributed by atoms with Crippen LogP contribution in [0.2, 0.25) is 0 Å². The second kappa shape index (κ2) is 9.08. The number of hydrogen-bond donors (Lipinski definition) is 1. The predicted octanol–water partition coefficient (Wildman–Crippen LogP) is 3.30. The standard InChI is InChI=1S/C22H23NO5/c1-27-21-14-16(5-11-20(21)25)4-10-19(24)17-6-8-18(9-7-17)28-15-22(26)23-12-2-3-13-23/h4-11,14,25H,2-3,12-13,15H2,1H3/b10-4+. The van der Waals surface area contributed by atoms with Crippen molar-refractivity contribution in [1.29, 1.82) is 0 Å². The number of aromatic hydroxyl groups is 1. The fourth-order valence-corrected chi connectivity index (χ4v) is 2.98. The molecule has 0 bridgehead atoms. The molecule has 0 unspecified atom stereocenters. The van der Waals surface area contributed by atoms with Crippen molar-refractivity contribution in [1.82, 2.24) is 4.90 Å². The Morgan fingerprint density at radius 1 is 1.11 bits per heavy atom. The van der Waals surface area contributed by atoms with E-state index in [0.717, 1.165) is 31.5 Å². The number of hydrogen-bond acceptors (Lipinski definition) is 5. The Morgan fingerprint density at radius 2 is 1.82 bits per heavy atom. The van der Waals surface area contributed by atoms with Gasteiger partial charge >= 0.3 is 0 Å². The lowest BCUT2D eigenvalue weighted by molar-refractivity contribution is -0.132. The van der Waals surface area contributed by atoms with E-state index in [-0.39, 0.29) is 24.0 Å². The fourth-order valence-electron chi connectivity index (χ4n) is 2.98. The molecule has 6 nitrogen and oxygen atoms in total. The molecular formula is C22H23NO5. The summed E-state index contributed by atoms with van der Waals surface area (Å²) in [5.74, 6) is 0.775. The Morgan fingerprint density at radius 3 is 2.50 bits per heavy atom. The van der Waals surface area contributed by atoms with E-state index in [1.807, 2.05) is 0 Å². The van der Waals surface area contributed by atoms with Crippen LogP contribution in [0.5, 0.6) is 17.2 Å². The van der Waals surface area contributed by atoms with Crippen molar-refractivity contribution in [3.63, 3.8) is 0 Å². The maximum atomic E-state index is 12.3. The number of rotatable bonds is 7. The van der Waals surface area contributed by atoms with Crippen LogP contribution in [-0.2, 0) is 4.79 Å². The fraction of sp³-hybridized carbons (Fsp3) is 0.273. The molecule has 1 N–H and O–H groups in total. The lowest BCUT2D eigenvalue weighted by Crippen LogP contribution is -2.32. The number of carbonyl (C=O) groups is 2. The van der Waals surface area contributed by atoms with Crippen molar-refractivity contribution < 1.29 is 24.2 Å². The first-order chi connectivity index (χ1) is 13.6. The van der Waals surface area contributed by atoms with E-state index in [4.69, 9.17) is 9.47 Å². The summed E-state index contributed by atoms with van der Waals surface area (Å²) in [6.07, 6.45) is 5.21. The first kappa shape index (κ1) is 19.5. The molecule has 0 saturated carbocycles. The molecule has 1 heterocycles. The molecule has 2 aromatic rings. The van der Waals surface area contributed by atoms with Crippen LogP contribution in [0.4, 0.5) is 0 Å². The molecule has 0 radical (unpaired) electrons. The van der Waals surface area contributed by atoms with Crippen molar-refractivity contribution in [3.05, 3.63) is 59.7 Å². The monoisotopic (exact) mass is 381 g/mol. The van der Waals surface area contributed by atoms with Crippen LogP contribution in [-0.4, -0.2) is 48.5 Å². The molecule has 1 aliphatic rings. The Bertz CT molecular complexity index is 867. The third-order valence-corrected chi connectivity index (χ3v) is 4.59. The quantitative estimate of drug-likeness (QED) is 0.588. The number of allylic oxidation sites excluding steroid dienone is 1. The van der Waals surface area contributed by atoms with Gasteiger partial charge < -0.3 is 19.5 Å². The van der Waals surface area contributed by atoms with E-state index < -0.39 is 0 Å². The summed E-state index contributed by atoms with van der Waals surface area (Å²) in [7, 11) is 1.47. The molecule has 28 heavy (non-hydrogen) atoms. The maximum absolute atomic E-state index is 12.3. The topological polar surface area (TPSA) is 76.1 Å². The summed E-state index contributed by atoms with van der Waals surface area (Å²) in [6.45, 7) is 1.61. The molecule has 0 aliphatic carbocycles. The summed E-state index contributed by atoms with van der Waals surface area (Å²) in [5.41, 5.74) is 1.25. The number of carbonyl (C=O) groups excluding carboxylic acids is 2. The van der Waals surface area contributed by atoms with Gasteiger partial charge in [0.1, 0.15) is 5.75 Å². The summed E-state index contributed by atoms with van der Waals surface area (Å²) in [4.78, 5) is 26.1. The minimum Gasteiger partial charge on any atom is -0.504 e. The zero-order valence-corrected chi connectivity index (χ0v) is 15.8. The van der Waals surface area contributed by atoms with Crippen molar-refractivity contribution >= 4 is 17.8 Å². The van der Waals surface area contributed by atoms with Crippen LogP contribution in [0.1, 0.15) is 28.8 Å². The zero-order chi connectivity index (χ0) is 19.9. The third-order valence-electron chi connectivity index (χ3n) is 4.59. The summed E-state index contributed by atoms with van der Waals surface area (Å²) >= 11 is 0. The Labute approximate surface area is 164 Å². The van der Waals surface area contributed by atoms with E-state index in [2.05, 4.69) is 0 Å². The molecule has 1 amide bonds. The highest BCUT2D eigenvalue weighted by Crippen LogP contribution is 2.26. The number of nitrogens with zero attached hydrogens (tertiary/aromatic N) is 1. The number of phenols is 1. The molecule has 3 rings (SSSR count). The van der Waals surface area contributed by atoms with Gasteiger partial charge in [0.2, 0.25) is 0 Å². The molecule has 0 aromatic heterocycles. The van der Waals surface area contributed by atoms with Gasteiger partial charge in [0.15, 0.2) is 23.9 Å². The summed E-state index contributed by atoms with van der Waals surface area (Å²) in [5, 5.41) is 9.60. The minimum atomic E-state index is -0.160. The molecular weight excluding hydrogens is 358 g/mol. The second-order valence-electron chi connectivity index (χ2n) is 6.53. The zero-order valence-electron chi connectivity index (χ0n) is 15.8. The van der Waals surface area contributed by atoms with E-state index in [9.17, 15) is 14.7 Å². The van der Waals surface area contributed by atoms with Crippen molar-refractivity contribution in [2.24, 2.45) is 0 Å². The number of ether oxygens (including phenoxy) is 2. The number of phenolic OH excluding ortho intramolecular Hbond substituents is 1. The van der Waals surface area contributed by atoms with E-state index in [1.54, 1.807) is 47.4 Å². The first-order valence-electron chi connectivity index (χ1n) is 9.17. The molecule has 0 spiro atoms. The number of likely N-dealkylation sites (tertiary alicyclic amines) is 1. The third kappa shape index (κ3) is 4.91. The molecule has 1 aliphatic heterocycles. The van der Waals surface area contributed by atoms with E-state index >= 15 is 0 Å². The molecule has 1 saturated heterocycles. The maximum Gasteiger partial charge on any atom is 0.260 e. The van der Waals surface area contributed by atoms with Gasteiger partial charge in [-0.3, -0.25) is 9.59 Å². The number of methoxy groups -OCH3 is 1. The van der Waals surface area contributed by atoms with Crippen LogP contribution in [0, 0.1) is 0 Å². The number of benzene rings is 2. The van der Waals surface area contributed by atoms with Crippen LogP contribution >= 0.6 is 0 Å². The Balaban J connectivity index is 1.56. The van der Waals surface area contributed by atoms with Gasteiger partial charge in [0.25, 0.3) is 5.91 Å². The van der Waals surface area contributed by atoms with Crippen molar-refractivity contribution in [3.8, 4) is 17.2 Å². The highest BCUT2D eigenvalue weighted by Gasteiger charge is 2.18. The first-order valence-corrected chi connectivity index (χ1v) is 9.17. The lowest BCUT2D eigenvalue weighted by atomic mass is 10.1. The SMILES string of the molecule is COc1cc(/C=C/C(=O)c2ccc(OCC(=O)N3CCCC3)cc2)ccc1O. The van der Waals surface area contributed by atoms with Gasteiger partial charge in [-0.1, -0.05) is 12.1 Å². The normalized spacial score (nSPS) is 13.7. The minimum absolute atomic E-state index is 0.00934. The van der Waals surface area contributed by atoms with Gasteiger partial charge in [-0.05, 0) is 60.9 Å². The Kier molecular flexibility index (Phi) is 6.32. The summed E-state index contributed by atoms with van der Waals surface area (Å²) < 4.78 is 10.6. The molecule has 2 aromatic carbocycles. The van der Waals surface area contributed by atoms with Crippen molar-refractivity contribution in [2.75, 3.05) is 26.8 Å². The number of amides is 1. The molecule has 146 valence electrons. The molecule has 0 atom stereocenters. The largest absolute Gasteiger partial charge is 0.504 e. The molecule has 1 fully saturated rings. The second-order valence-corrected chi connectivity index (χ2v) is 6.53. The van der Waals surface area contributed by atoms with Gasteiger partial charge in [-0.15, -0.1) is 0 Å². The highest BCUT2D eigenvalue weighted by molar-refractivity contribution is 6.06. The number of ketones is 1. The van der Waals surface area contributed by atoms with Gasteiger partial charge in [-0.25, -0.2) is 0 Å². The van der Waals surface area contributed by atoms with E-state index in [1.165, 1.54) is 19.3 Å². The highest BCUT2D eigenvalue weighted by atomic mass is 16.5. The smallest absolute Gasteiger partial charge is 0.260 e. The summed E-state index contributed by atoms with van der Waals surface area (Å²) in [6, 6.07) is 11.5. The van der Waals surface area contributed by atoms with Gasteiger partial charge in [-0.2, -0.15) is 0 Å². The average molecular weight is 381 g/mol. The van der Waals surface area contributed by atoms with Gasteiger partial charge in [0.05, 0.1) is 7.11 Å². The Hall–Kier alpha value is -3.28. The predicted molar refractivity (Wildman–Crippen MR) is 106 cm³/mol. The van der Waals surface area contributed by atoms with Crippen molar-refractivity contribution in [2.45, 2.75) is 12.8 Å². The van der Waals surface area contributed by atoms with Crippen LogP contribution < -0.4 is 9.47 Å². The van der Waals surface area contributed by atoms with Crippen LogP contribution in [0.3, 0.4) is 0 Å². The molecule has 6 heteroatoms. The lowest BCUT2D eigenvalue weighted by Gasteiger charge is -2.15. The van der Waals surface area contributed by atoms with Gasteiger partial charge in [0, 0.05) is 18.7 Å². The van der Waals surface area contributed by atoms with E-state index in [0.29, 0.717) is 17.1 Å². The average Bonchev–Trinajstić information content (AvgIpc) is 3.26. The van der Waals surface area contributed by atoms with Crippen LogP contribution in [0.25, 0.3) is 6.08 Å².